The molecule has 1 heterocycles. The van der Waals surface area contributed by atoms with Crippen molar-refractivity contribution in [1.82, 2.24) is 0 Å². The van der Waals surface area contributed by atoms with Crippen molar-refractivity contribution in [3.63, 3.8) is 0 Å². The van der Waals surface area contributed by atoms with Crippen molar-refractivity contribution in [3.05, 3.63) is 212 Å². The molecule has 0 radical (unpaired) electrons. The van der Waals surface area contributed by atoms with Crippen LogP contribution in [-0.4, -0.2) is 0 Å². The number of fused-ring (bicyclic) bond motifs is 7. The third-order valence-corrected chi connectivity index (χ3v) is 13.5. The van der Waals surface area contributed by atoms with Gasteiger partial charge in [-0.1, -0.05) is 188 Å². The molecule has 1 unspecified atom stereocenters. The molecule has 0 N–H and O–H groups in total. The van der Waals surface area contributed by atoms with E-state index >= 15 is 0 Å². The average Bonchev–Trinajstić information content (AvgIpc) is 3.46. The number of rotatable bonds is 9. The first-order valence-electron chi connectivity index (χ1n) is 19.6. The summed E-state index contributed by atoms with van der Waals surface area (Å²) < 4.78 is 28.2. The maximum atomic E-state index is 7.32. The Bertz CT molecular complexity index is 3210. The molecule has 10 aromatic rings. The molecule has 0 spiro atoms. The molecule has 0 fully saturated rings. The summed E-state index contributed by atoms with van der Waals surface area (Å²) in [6.07, 6.45) is 8.22. The van der Waals surface area contributed by atoms with Gasteiger partial charge in [0.1, 0.15) is 22.7 Å². The Balaban J connectivity index is 1.22. The van der Waals surface area contributed by atoms with Crippen LogP contribution in [0.1, 0.15) is 12.5 Å². The smallest absolute Gasteiger partial charge is 0.453 e. The molecular formula is C53H38O4P2. The van der Waals surface area contributed by atoms with E-state index in [4.69, 9.17) is 17.4 Å². The molecule has 0 aliphatic carbocycles. The fraction of sp³-hybridized carbons (Fsp3) is 0.0189. The number of hydrogen-bond donors (Lipinski definition) is 0. The highest BCUT2D eigenvalue weighted by Gasteiger charge is 2.25. The van der Waals surface area contributed by atoms with Gasteiger partial charge in [-0.05, 0) is 69.1 Å². The Labute approximate surface area is 344 Å². The van der Waals surface area contributed by atoms with Crippen molar-refractivity contribution in [1.29, 1.82) is 0 Å². The first-order chi connectivity index (χ1) is 29.2. The van der Waals surface area contributed by atoms with E-state index in [1.165, 1.54) is 0 Å². The third-order valence-electron chi connectivity index (χ3n) is 10.5. The van der Waals surface area contributed by atoms with Gasteiger partial charge in [0.2, 0.25) is 0 Å². The van der Waals surface area contributed by atoms with Gasteiger partial charge in [0.05, 0.1) is 0 Å². The monoisotopic (exact) mass is 800 g/mol. The van der Waals surface area contributed by atoms with Crippen LogP contribution in [-0.2, 0) is 0 Å². The number of allylic oxidation sites excluding steroid dienone is 3. The van der Waals surface area contributed by atoms with Gasteiger partial charge >= 0.3 is 8.24 Å². The lowest BCUT2D eigenvalue weighted by Crippen LogP contribution is -2.15. The van der Waals surface area contributed by atoms with E-state index in [1.807, 2.05) is 55.5 Å². The van der Waals surface area contributed by atoms with Crippen LogP contribution in [0, 0.1) is 0 Å². The lowest BCUT2D eigenvalue weighted by Gasteiger charge is -2.23. The van der Waals surface area contributed by atoms with E-state index in [0.29, 0.717) is 16.9 Å². The second-order valence-electron chi connectivity index (χ2n) is 14.1. The van der Waals surface area contributed by atoms with Crippen LogP contribution in [0.5, 0.6) is 11.5 Å². The van der Waals surface area contributed by atoms with Crippen LogP contribution in [0.25, 0.3) is 71.5 Å². The van der Waals surface area contributed by atoms with Crippen LogP contribution in [0.3, 0.4) is 0 Å². The van der Waals surface area contributed by atoms with Gasteiger partial charge in [-0.15, -0.1) is 0 Å². The topological polar surface area (TPSA) is 44.7 Å². The van der Waals surface area contributed by atoms with Crippen molar-refractivity contribution < 1.29 is 17.4 Å². The van der Waals surface area contributed by atoms with Crippen LogP contribution in [0.15, 0.2) is 215 Å². The Kier molecular flexibility index (Phi) is 10.0. The zero-order valence-corrected chi connectivity index (χ0v) is 34.0. The van der Waals surface area contributed by atoms with E-state index in [2.05, 4.69) is 164 Å². The summed E-state index contributed by atoms with van der Waals surface area (Å²) in [5, 5.41) is 10.6. The second-order valence-corrected chi connectivity index (χ2v) is 16.9. The van der Waals surface area contributed by atoms with Gasteiger partial charge in [0.15, 0.2) is 8.15 Å². The van der Waals surface area contributed by atoms with E-state index in [9.17, 15) is 0 Å². The van der Waals surface area contributed by atoms with Crippen LogP contribution >= 0.6 is 16.4 Å². The molecule has 0 bridgehead atoms. The molecule has 59 heavy (non-hydrogen) atoms. The SMILES string of the molecule is C/C=C\C=C/c1cccc2op(Oc3ccc4ccccc4c3-c3c(OP(c4ccccc4)c4ccccc4)ccc4ccccc34)oc3ccc4ccccc4c3c12. The molecule has 284 valence electrons. The molecule has 1 aromatic heterocycles. The molecule has 9 aromatic carbocycles. The Morgan fingerprint density at radius 1 is 0.458 bits per heavy atom. The number of hydrogen-bond acceptors (Lipinski definition) is 4. The van der Waals surface area contributed by atoms with E-state index in [1.54, 1.807) is 0 Å². The van der Waals surface area contributed by atoms with Gasteiger partial charge in [-0.2, -0.15) is 0 Å². The Morgan fingerprint density at radius 2 is 0.983 bits per heavy atom. The summed E-state index contributed by atoms with van der Waals surface area (Å²) in [7, 11) is -3.25. The van der Waals surface area contributed by atoms with Crippen molar-refractivity contribution in [2.75, 3.05) is 0 Å². The Morgan fingerprint density at radius 3 is 1.63 bits per heavy atom. The first kappa shape index (κ1) is 36.5. The standard InChI is InChI=1S/C53H38O4P2/c1-2-3-6-21-40-22-17-30-46-50(40)51-43-27-14-11-18-37(43)32-35-48(51)56-59(55-46)57-49-36-33-39-20-13-16-29-45(39)53(49)52-44-28-15-12-19-38(44)31-34-47(52)54-58(41-23-7-4-8-24-41)42-25-9-5-10-26-42/h2-36H,1H3/b3-2-,21-6-. The zero-order chi connectivity index (χ0) is 39.5. The summed E-state index contributed by atoms with van der Waals surface area (Å²) in [5.74, 6) is 1.40. The maximum absolute atomic E-state index is 7.32. The highest BCUT2D eigenvalue weighted by Crippen LogP contribution is 2.51. The minimum absolute atomic E-state index is 0.634. The summed E-state index contributed by atoms with van der Waals surface area (Å²) in [6.45, 7) is 2.01. The lowest BCUT2D eigenvalue weighted by atomic mass is 9.92. The summed E-state index contributed by atoms with van der Waals surface area (Å²) >= 11 is 0. The third kappa shape index (κ3) is 7.08. The first-order valence-corrected chi connectivity index (χ1v) is 22.0. The van der Waals surface area contributed by atoms with Gasteiger partial charge in [0, 0.05) is 32.5 Å². The molecule has 0 saturated carbocycles. The minimum atomic E-state index is -2.01. The molecule has 1 atom stereocenters. The van der Waals surface area contributed by atoms with Crippen molar-refractivity contribution >= 4 is 87.3 Å². The molecule has 0 aliphatic heterocycles. The fourth-order valence-corrected chi connectivity index (χ4v) is 10.6. The molecule has 10 rings (SSSR count). The van der Waals surface area contributed by atoms with Gasteiger partial charge in [0.25, 0.3) is 0 Å². The molecule has 0 amide bonds. The van der Waals surface area contributed by atoms with E-state index in [-0.39, 0.29) is 0 Å². The molecule has 0 saturated heterocycles. The fourth-order valence-electron chi connectivity index (χ4n) is 7.83. The average molecular weight is 801 g/mol. The summed E-state index contributed by atoms with van der Waals surface area (Å²) in [4.78, 5) is 0. The predicted octanol–water partition coefficient (Wildman–Crippen LogP) is 15.3. The van der Waals surface area contributed by atoms with E-state index in [0.717, 1.165) is 76.1 Å². The van der Waals surface area contributed by atoms with E-state index < -0.39 is 16.4 Å². The van der Waals surface area contributed by atoms with Gasteiger partial charge < -0.3 is 17.4 Å². The van der Waals surface area contributed by atoms with Crippen LogP contribution in [0.2, 0.25) is 0 Å². The molecule has 4 nitrogen and oxygen atoms in total. The van der Waals surface area contributed by atoms with Gasteiger partial charge in [-0.3, -0.25) is 0 Å². The normalized spacial score (nSPS) is 12.1. The minimum Gasteiger partial charge on any atom is -0.464 e. The summed E-state index contributed by atoms with van der Waals surface area (Å²) in [5.41, 5.74) is 4.28. The lowest BCUT2D eigenvalue weighted by molar-refractivity contribution is 0.499. The zero-order valence-electron chi connectivity index (χ0n) is 32.2. The molecule has 6 heteroatoms. The quantitative estimate of drug-likeness (QED) is 0.108. The highest BCUT2D eigenvalue weighted by molar-refractivity contribution is 7.68. The largest absolute Gasteiger partial charge is 0.464 e. The van der Waals surface area contributed by atoms with Crippen LogP contribution in [0.4, 0.5) is 0 Å². The van der Waals surface area contributed by atoms with Crippen molar-refractivity contribution in [3.8, 4) is 22.6 Å². The molecular weight excluding hydrogens is 763 g/mol. The summed E-state index contributed by atoms with van der Waals surface area (Å²) in [6, 6.07) is 65.0. The Hall–Kier alpha value is -6.83. The molecule has 0 aliphatic rings. The second kappa shape index (κ2) is 16.2. The van der Waals surface area contributed by atoms with Gasteiger partial charge in [-0.25, -0.2) is 0 Å². The van der Waals surface area contributed by atoms with Crippen LogP contribution < -0.4 is 19.7 Å². The van der Waals surface area contributed by atoms with Crippen molar-refractivity contribution in [2.24, 2.45) is 0 Å². The highest BCUT2D eigenvalue weighted by atomic mass is 31.1. The maximum Gasteiger partial charge on any atom is 0.453 e. The number of benzene rings is 9. The predicted molar refractivity (Wildman–Crippen MR) is 250 cm³/mol. The van der Waals surface area contributed by atoms with Crippen molar-refractivity contribution in [2.45, 2.75) is 6.92 Å².